The van der Waals surface area contributed by atoms with Crippen LogP contribution in [0.25, 0.3) is 0 Å². The molecule has 1 aliphatic rings. The summed E-state index contributed by atoms with van der Waals surface area (Å²) in [6, 6.07) is 9.76. The molecule has 0 unspecified atom stereocenters. The Morgan fingerprint density at radius 2 is 1.75 bits per heavy atom. The summed E-state index contributed by atoms with van der Waals surface area (Å²) >= 11 is 0. The Hall–Kier alpha value is -2.54. The molecular weight excluding hydrogens is 412 g/mol. The Bertz CT molecular complexity index is 996. The van der Waals surface area contributed by atoms with Crippen molar-refractivity contribution >= 4 is 0 Å². The number of rotatable bonds is 5. The zero-order valence-corrected chi connectivity index (χ0v) is 18.7. The largest absolute Gasteiger partial charge is 0.419 e. The van der Waals surface area contributed by atoms with Crippen LogP contribution in [0.5, 0.6) is 0 Å². The van der Waals surface area contributed by atoms with Crippen molar-refractivity contribution in [3.8, 4) is 11.8 Å². The lowest BCUT2D eigenvalue weighted by Crippen LogP contribution is -2.13. The molecule has 3 rings (SSSR count). The molecule has 1 aliphatic carbocycles. The van der Waals surface area contributed by atoms with Crippen LogP contribution in [-0.2, 0) is 19.0 Å². The fourth-order valence-electron chi connectivity index (χ4n) is 4.52. The maximum absolute atomic E-state index is 13.6. The summed E-state index contributed by atoms with van der Waals surface area (Å²) in [6.45, 7) is 4.42. The lowest BCUT2D eigenvalue weighted by Gasteiger charge is -2.29. The molecule has 0 heterocycles. The van der Waals surface area contributed by atoms with E-state index < -0.39 is 17.6 Å². The zero-order valence-electron chi connectivity index (χ0n) is 18.7. The van der Waals surface area contributed by atoms with Gasteiger partial charge in [-0.2, -0.15) is 13.2 Å². The number of allylic oxidation sites excluding steroid dienone is 2. The fourth-order valence-corrected chi connectivity index (χ4v) is 4.52. The number of hydrogen-bond acceptors (Lipinski definition) is 0. The minimum atomic E-state index is -4.69. The van der Waals surface area contributed by atoms with Gasteiger partial charge in [-0.3, -0.25) is 0 Å². The Labute approximate surface area is 188 Å². The molecule has 170 valence electrons. The van der Waals surface area contributed by atoms with Crippen molar-refractivity contribution in [2.75, 3.05) is 0 Å². The van der Waals surface area contributed by atoms with E-state index in [-0.39, 0.29) is 5.56 Å². The molecule has 1 saturated carbocycles. The molecule has 4 heteroatoms. The van der Waals surface area contributed by atoms with Gasteiger partial charge in [-0.1, -0.05) is 56.4 Å². The SMILES string of the molecule is CCCc1cc(CC)ccc1C1CCC(C=CC#Cc2ccc(C(F)(F)F)c(F)c2)CC1. The van der Waals surface area contributed by atoms with Gasteiger partial charge in [0, 0.05) is 5.56 Å². The Balaban J connectivity index is 1.58. The van der Waals surface area contributed by atoms with E-state index in [2.05, 4.69) is 50.0 Å². The summed E-state index contributed by atoms with van der Waals surface area (Å²) in [5.41, 5.74) is 3.39. The molecule has 0 amide bonds. The molecule has 2 aromatic carbocycles. The van der Waals surface area contributed by atoms with Gasteiger partial charge < -0.3 is 0 Å². The summed E-state index contributed by atoms with van der Waals surface area (Å²) in [7, 11) is 0. The van der Waals surface area contributed by atoms with Crippen LogP contribution in [0, 0.1) is 23.6 Å². The molecule has 2 aromatic rings. The topological polar surface area (TPSA) is 0 Å². The van der Waals surface area contributed by atoms with E-state index in [1.54, 1.807) is 6.08 Å². The van der Waals surface area contributed by atoms with Crippen LogP contribution in [0.2, 0.25) is 0 Å². The third-order valence-electron chi connectivity index (χ3n) is 6.29. The molecule has 0 spiro atoms. The second-order valence-corrected chi connectivity index (χ2v) is 8.57. The first-order valence-corrected chi connectivity index (χ1v) is 11.5. The minimum absolute atomic E-state index is 0.239. The van der Waals surface area contributed by atoms with Crippen molar-refractivity contribution in [1.29, 1.82) is 0 Å². The van der Waals surface area contributed by atoms with Crippen LogP contribution in [0.4, 0.5) is 17.6 Å². The van der Waals surface area contributed by atoms with Crippen LogP contribution in [0.1, 0.15) is 79.7 Å². The number of benzene rings is 2. The molecule has 0 atom stereocenters. The van der Waals surface area contributed by atoms with Gasteiger partial charge in [0.25, 0.3) is 0 Å². The summed E-state index contributed by atoms with van der Waals surface area (Å²) in [4.78, 5) is 0. The molecule has 0 aliphatic heterocycles. The first-order valence-electron chi connectivity index (χ1n) is 11.5. The van der Waals surface area contributed by atoms with Gasteiger partial charge in [0.2, 0.25) is 0 Å². The monoisotopic (exact) mass is 442 g/mol. The first-order chi connectivity index (χ1) is 15.3. The lowest BCUT2D eigenvalue weighted by atomic mass is 9.76. The molecule has 0 radical (unpaired) electrons. The van der Waals surface area contributed by atoms with Crippen LogP contribution < -0.4 is 0 Å². The normalized spacial score (nSPS) is 19.1. The Morgan fingerprint density at radius 3 is 2.38 bits per heavy atom. The van der Waals surface area contributed by atoms with Crippen molar-refractivity contribution in [3.63, 3.8) is 0 Å². The summed E-state index contributed by atoms with van der Waals surface area (Å²) in [6.07, 6.45) is 6.97. The Morgan fingerprint density at radius 1 is 1.00 bits per heavy atom. The summed E-state index contributed by atoms with van der Waals surface area (Å²) in [5, 5.41) is 0. The van der Waals surface area contributed by atoms with Crippen LogP contribution in [0.15, 0.2) is 48.6 Å². The molecule has 32 heavy (non-hydrogen) atoms. The molecule has 1 fully saturated rings. The van der Waals surface area contributed by atoms with E-state index in [1.807, 2.05) is 0 Å². The quantitative estimate of drug-likeness (QED) is 0.323. The van der Waals surface area contributed by atoms with E-state index in [1.165, 1.54) is 22.8 Å². The van der Waals surface area contributed by atoms with Crippen LogP contribution in [0.3, 0.4) is 0 Å². The van der Waals surface area contributed by atoms with Gasteiger partial charge >= 0.3 is 6.18 Å². The highest BCUT2D eigenvalue weighted by atomic mass is 19.4. The van der Waals surface area contributed by atoms with Gasteiger partial charge in [0.05, 0.1) is 5.56 Å². The van der Waals surface area contributed by atoms with Crippen LogP contribution >= 0.6 is 0 Å². The van der Waals surface area contributed by atoms with Crippen LogP contribution in [-0.4, -0.2) is 0 Å². The number of hydrogen-bond donors (Lipinski definition) is 0. The standard InChI is InChI=1S/C28H30F4/c1-3-7-24-18-20(4-2)12-16-25(24)23-14-10-21(11-15-23)8-5-6-9-22-13-17-26(27(29)19-22)28(30,31)32/h5,8,12-13,16-19,21,23H,3-4,7,10-11,14-15H2,1-2H3. The fraction of sp³-hybridized carbons (Fsp3) is 0.429. The van der Waals surface area contributed by atoms with Gasteiger partial charge in [0.15, 0.2) is 0 Å². The Kier molecular flexibility index (Phi) is 8.18. The highest BCUT2D eigenvalue weighted by Gasteiger charge is 2.33. The first kappa shape index (κ1) is 24.1. The van der Waals surface area contributed by atoms with E-state index >= 15 is 0 Å². The highest BCUT2D eigenvalue weighted by Crippen LogP contribution is 2.38. The average Bonchev–Trinajstić information content (AvgIpc) is 2.76. The predicted molar refractivity (Wildman–Crippen MR) is 122 cm³/mol. The van der Waals surface area contributed by atoms with Gasteiger partial charge in [-0.25, -0.2) is 4.39 Å². The van der Waals surface area contributed by atoms with Crippen molar-refractivity contribution in [2.45, 2.75) is 70.9 Å². The third-order valence-corrected chi connectivity index (χ3v) is 6.29. The van der Waals surface area contributed by atoms with Gasteiger partial charge in [0.1, 0.15) is 5.82 Å². The number of alkyl halides is 3. The van der Waals surface area contributed by atoms with Crippen molar-refractivity contribution in [2.24, 2.45) is 5.92 Å². The number of aryl methyl sites for hydroxylation is 2. The van der Waals surface area contributed by atoms with Crippen molar-refractivity contribution in [1.82, 2.24) is 0 Å². The van der Waals surface area contributed by atoms with E-state index in [9.17, 15) is 17.6 Å². The maximum Gasteiger partial charge on any atom is 0.419 e. The van der Waals surface area contributed by atoms with E-state index in [4.69, 9.17) is 0 Å². The highest BCUT2D eigenvalue weighted by molar-refractivity contribution is 5.40. The second-order valence-electron chi connectivity index (χ2n) is 8.57. The van der Waals surface area contributed by atoms with Gasteiger partial charge in [-0.15, -0.1) is 0 Å². The predicted octanol–water partition coefficient (Wildman–Crippen LogP) is 8.24. The maximum atomic E-state index is 13.6. The lowest BCUT2D eigenvalue weighted by molar-refractivity contribution is -0.140. The molecule has 0 bridgehead atoms. The van der Waals surface area contributed by atoms with Crippen molar-refractivity contribution in [3.05, 3.63) is 82.2 Å². The average molecular weight is 443 g/mol. The number of halogens is 4. The molecule has 0 aromatic heterocycles. The molecule has 0 nitrogen and oxygen atoms in total. The van der Waals surface area contributed by atoms with E-state index in [0.29, 0.717) is 11.8 Å². The zero-order chi connectivity index (χ0) is 23.1. The third kappa shape index (κ3) is 6.25. The van der Waals surface area contributed by atoms with Gasteiger partial charge in [-0.05, 0) is 91.3 Å². The minimum Gasteiger partial charge on any atom is -0.206 e. The van der Waals surface area contributed by atoms with E-state index in [0.717, 1.165) is 57.1 Å². The molecule has 0 saturated heterocycles. The summed E-state index contributed by atoms with van der Waals surface area (Å²) in [5.74, 6) is 5.33. The summed E-state index contributed by atoms with van der Waals surface area (Å²) < 4.78 is 51.5. The van der Waals surface area contributed by atoms with Crippen molar-refractivity contribution < 1.29 is 17.6 Å². The smallest absolute Gasteiger partial charge is 0.206 e. The molecule has 0 N–H and O–H groups in total. The second kappa shape index (κ2) is 10.9. The molecular formula is C28H30F4.